The molecule has 0 unspecified atom stereocenters. The van der Waals surface area contributed by atoms with Gasteiger partial charge in [0.15, 0.2) is 5.78 Å². The molecule has 0 saturated carbocycles. The molecule has 16 heavy (non-hydrogen) atoms. The Morgan fingerprint density at radius 3 is 2.31 bits per heavy atom. The highest BCUT2D eigenvalue weighted by Gasteiger charge is 2.04. The van der Waals surface area contributed by atoms with Crippen LogP contribution in [0.4, 0.5) is 10.1 Å². The number of hydrogen-bond donors (Lipinski definition) is 1. The number of carbonyl (C=O) groups is 1. The number of carbonyl (C=O) groups excluding carboxylic acids is 1. The van der Waals surface area contributed by atoms with Gasteiger partial charge < -0.3 is 5.11 Å². The Bertz CT molecular complexity index is 443. The van der Waals surface area contributed by atoms with E-state index in [1.807, 2.05) is 0 Å². The Balaban J connectivity index is 2.92. The van der Waals surface area contributed by atoms with Gasteiger partial charge in [-0.15, -0.1) is 0 Å². The van der Waals surface area contributed by atoms with Crippen LogP contribution in [-0.4, -0.2) is 17.1 Å². The molecule has 1 rings (SSSR count). The Labute approximate surface area is 92.9 Å². The number of benzene rings is 1. The van der Waals surface area contributed by atoms with Crippen molar-refractivity contribution < 1.29 is 14.3 Å². The molecule has 0 aliphatic carbocycles. The largest absolute Gasteiger partial charge is 0.512 e. The molecule has 0 aliphatic rings. The lowest BCUT2D eigenvalue weighted by atomic mass is 10.2. The van der Waals surface area contributed by atoms with Crippen LogP contribution >= 0.6 is 0 Å². The van der Waals surface area contributed by atoms with Gasteiger partial charge in [0.05, 0.1) is 11.3 Å². The van der Waals surface area contributed by atoms with Crippen LogP contribution in [0.2, 0.25) is 0 Å². The van der Waals surface area contributed by atoms with Crippen LogP contribution in [0.5, 0.6) is 0 Å². The first-order valence-electron chi connectivity index (χ1n) is 4.71. The van der Waals surface area contributed by atoms with E-state index < -0.39 is 0 Å². The van der Waals surface area contributed by atoms with Crippen molar-refractivity contribution in [2.24, 2.45) is 4.99 Å². The minimum atomic E-state index is -0.348. The van der Waals surface area contributed by atoms with Gasteiger partial charge in [-0.25, -0.2) is 4.39 Å². The molecule has 0 aromatic heterocycles. The summed E-state index contributed by atoms with van der Waals surface area (Å²) in [7, 11) is 0. The average molecular weight is 221 g/mol. The number of aliphatic imine (C=N–C) groups is 1. The van der Waals surface area contributed by atoms with Crippen molar-refractivity contribution in [3.05, 3.63) is 41.4 Å². The van der Waals surface area contributed by atoms with Crippen LogP contribution in [0.15, 0.2) is 40.6 Å². The highest BCUT2D eigenvalue weighted by atomic mass is 19.1. The lowest BCUT2D eigenvalue weighted by Gasteiger charge is -1.98. The summed E-state index contributed by atoms with van der Waals surface area (Å²) in [6.07, 6.45) is 1.27. The molecule has 1 N–H and O–H groups in total. The first-order chi connectivity index (χ1) is 7.50. The zero-order valence-electron chi connectivity index (χ0n) is 9.07. The van der Waals surface area contributed by atoms with Crippen molar-refractivity contribution >= 4 is 17.7 Å². The van der Waals surface area contributed by atoms with Gasteiger partial charge in [-0.3, -0.25) is 9.79 Å². The number of aliphatic hydroxyl groups is 1. The maximum absolute atomic E-state index is 12.6. The fourth-order valence-electron chi connectivity index (χ4n) is 1.11. The SMILES string of the molecule is CC(=O)/C(C=Nc1ccc(F)cc1)=C(\C)O. The number of hydrogen-bond acceptors (Lipinski definition) is 3. The zero-order valence-corrected chi connectivity index (χ0v) is 9.07. The topological polar surface area (TPSA) is 49.7 Å². The number of ketones is 1. The van der Waals surface area contributed by atoms with Gasteiger partial charge in [0.2, 0.25) is 0 Å². The lowest BCUT2D eigenvalue weighted by molar-refractivity contribution is -0.113. The Morgan fingerprint density at radius 2 is 1.88 bits per heavy atom. The predicted molar refractivity (Wildman–Crippen MR) is 60.6 cm³/mol. The second-order valence-electron chi connectivity index (χ2n) is 3.29. The van der Waals surface area contributed by atoms with Gasteiger partial charge in [0.1, 0.15) is 11.6 Å². The maximum atomic E-state index is 12.6. The van der Waals surface area contributed by atoms with E-state index in [0.29, 0.717) is 5.69 Å². The normalized spacial score (nSPS) is 12.7. The molecular weight excluding hydrogens is 209 g/mol. The summed E-state index contributed by atoms with van der Waals surface area (Å²) >= 11 is 0. The van der Waals surface area contributed by atoms with E-state index in [2.05, 4.69) is 4.99 Å². The predicted octanol–water partition coefficient (Wildman–Crippen LogP) is 2.95. The third kappa shape index (κ3) is 3.31. The number of Topliss-reactive ketones (excluding diaryl/α,β-unsaturated/α-hetero) is 1. The summed E-state index contributed by atoms with van der Waals surface area (Å²) < 4.78 is 12.6. The summed E-state index contributed by atoms with van der Waals surface area (Å²) in [4.78, 5) is 15.1. The van der Waals surface area contributed by atoms with Gasteiger partial charge in [0, 0.05) is 6.21 Å². The van der Waals surface area contributed by atoms with Gasteiger partial charge in [-0.1, -0.05) is 0 Å². The van der Waals surface area contributed by atoms with E-state index >= 15 is 0 Å². The average Bonchev–Trinajstić information content (AvgIpc) is 2.20. The van der Waals surface area contributed by atoms with Gasteiger partial charge in [-0.05, 0) is 38.1 Å². The molecule has 4 heteroatoms. The number of rotatable bonds is 3. The van der Waals surface area contributed by atoms with E-state index in [1.165, 1.54) is 44.3 Å². The minimum Gasteiger partial charge on any atom is -0.512 e. The second kappa shape index (κ2) is 5.21. The van der Waals surface area contributed by atoms with Crippen LogP contribution in [0.3, 0.4) is 0 Å². The van der Waals surface area contributed by atoms with E-state index in [1.54, 1.807) is 0 Å². The molecule has 1 aromatic carbocycles. The maximum Gasteiger partial charge on any atom is 0.164 e. The van der Waals surface area contributed by atoms with Crippen molar-refractivity contribution in [1.29, 1.82) is 0 Å². The first-order valence-corrected chi connectivity index (χ1v) is 4.71. The summed E-state index contributed by atoms with van der Waals surface area (Å²) in [6, 6.07) is 5.51. The molecule has 0 aliphatic heterocycles. The molecule has 0 atom stereocenters. The van der Waals surface area contributed by atoms with E-state index in [4.69, 9.17) is 0 Å². The highest BCUT2D eigenvalue weighted by Crippen LogP contribution is 2.12. The van der Waals surface area contributed by atoms with Crippen molar-refractivity contribution in [1.82, 2.24) is 0 Å². The molecule has 0 fully saturated rings. The number of nitrogens with zero attached hydrogens (tertiary/aromatic N) is 1. The Hall–Kier alpha value is -1.97. The van der Waals surface area contributed by atoms with E-state index in [9.17, 15) is 14.3 Å². The number of allylic oxidation sites excluding steroid dienone is 2. The van der Waals surface area contributed by atoms with Gasteiger partial charge in [-0.2, -0.15) is 0 Å². The summed E-state index contributed by atoms with van der Waals surface area (Å²) in [5.41, 5.74) is 0.658. The molecule has 3 nitrogen and oxygen atoms in total. The fourth-order valence-corrected chi connectivity index (χ4v) is 1.11. The van der Waals surface area contributed by atoms with Crippen molar-refractivity contribution in [3.8, 4) is 0 Å². The monoisotopic (exact) mass is 221 g/mol. The first kappa shape index (κ1) is 12.1. The molecule has 84 valence electrons. The van der Waals surface area contributed by atoms with Crippen LogP contribution in [0.25, 0.3) is 0 Å². The fraction of sp³-hybridized carbons (Fsp3) is 0.167. The van der Waals surface area contributed by atoms with Crippen molar-refractivity contribution in [2.75, 3.05) is 0 Å². The van der Waals surface area contributed by atoms with Crippen LogP contribution in [0.1, 0.15) is 13.8 Å². The van der Waals surface area contributed by atoms with Crippen molar-refractivity contribution in [2.45, 2.75) is 13.8 Å². The molecule has 0 bridgehead atoms. The Kier molecular flexibility index (Phi) is 3.94. The van der Waals surface area contributed by atoms with E-state index in [-0.39, 0.29) is 22.9 Å². The van der Waals surface area contributed by atoms with Crippen LogP contribution in [0, 0.1) is 5.82 Å². The highest BCUT2D eigenvalue weighted by molar-refractivity contribution is 6.12. The van der Waals surface area contributed by atoms with Gasteiger partial charge >= 0.3 is 0 Å². The molecule has 0 radical (unpaired) electrons. The zero-order chi connectivity index (χ0) is 12.1. The third-order valence-electron chi connectivity index (χ3n) is 1.94. The lowest BCUT2D eigenvalue weighted by Crippen LogP contribution is -2.01. The second-order valence-corrected chi connectivity index (χ2v) is 3.29. The smallest absolute Gasteiger partial charge is 0.164 e. The molecule has 0 saturated heterocycles. The summed E-state index contributed by atoms with van der Waals surface area (Å²) in [6.45, 7) is 2.75. The molecule has 0 amide bonds. The summed E-state index contributed by atoms with van der Waals surface area (Å²) in [5.74, 6) is -0.705. The standard InChI is InChI=1S/C12H12FNO2/c1-8(15)12(9(2)16)7-14-11-5-3-10(13)4-6-11/h3-7,15H,1-2H3/b12-8+,14-7?. The summed E-state index contributed by atoms with van der Waals surface area (Å²) in [5, 5.41) is 9.21. The quantitative estimate of drug-likeness (QED) is 0.484. The number of aliphatic hydroxyl groups excluding tert-OH is 1. The number of halogens is 1. The molecule has 0 heterocycles. The molecule has 0 spiro atoms. The van der Waals surface area contributed by atoms with Crippen LogP contribution < -0.4 is 0 Å². The third-order valence-corrected chi connectivity index (χ3v) is 1.94. The molecule has 1 aromatic rings. The Morgan fingerprint density at radius 1 is 1.31 bits per heavy atom. The van der Waals surface area contributed by atoms with Gasteiger partial charge in [0.25, 0.3) is 0 Å². The van der Waals surface area contributed by atoms with Crippen molar-refractivity contribution in [3.63, 3.8) is 0 Å². The van der Waals surface area contributed by atoms with Crippen LogP contribution in [-0.2, 0) is 4.79 Å². The molecular formula is C12H12FNO2. The van der Waals surface area contributed by atoms with E-state index in [0.717, 1.165) is 0 Å². The minimum absolute atomic E-state index is 0.0849.